The van der Waals surface area contributed by atoms with Crippen molar-refractivity contribution < 1.29 is 12.9 Å². The van der Waals surface area contributed by atoms with E-state index < -0.39 is 10.0 Å². The number of para-hydroxylation sites is 1. The van der Waals surface area contributed by atoms with Crippen molar-refractivity contribution in [2.75, 3.05) is 18.4 Å². The van der Waals surface area contributed by atoms with Crippen LogP contribution in [0.2, 0.25) is 0 Å². The summed E-state index contributed by atoms with van der Waals surface area (Å²) in [6.07, 6.45) is 1.80. The minimum absolute atomic E-state index is 0.0321. The molecule has 0 radical (unpaired) electrons. The van der Waals surface area contributed by atoms with Crippen molar-refractivity contribution in [3.8, 4) is 11.6 Å². The van der Waals surface area contributed by atoms with Crippen LogP contribution in [-0.4, -0.2) is 62.9 Å². The van der Waals surface area contributed by atoms with E-state index in [1.54, 1.807) is 11.2 Å². The van der Waals surface area contributed by atoms with Gasteiger partial charge in [-0.05, 0) is 45.0 Å². The van der Waals surface area contributed by atoms with E-state index in [2.05, 4.69) is 42.1 Å². The van der Waals surface area contributed by atoms with Crippen molar-refractivity contribution in [2.24, 2.45) is 4.99 Å². The lowest BCUT2D eigenvalue weighted by atomic mass is 9.98. The highest BCUT2D eigenvalue weighted by molar-refractivity contribution is 7.89. The van der Waals surface area contributed by atoms with Crippen LogP contribution in [0.15, 0.2) is 39.8 Å². The first-order valence-corrected chi connectivity index (χ1v) is 12.3. The van der Waals surface area contributed by atoms with Gasteiger partial charge in [0.25, 0.3) is 5.95 Å². The Hall–Kier alpha value is -3.25. The number of aromatic nitrogens is 5. The smallest absolute Gasteiger partial charge is 0.254 e. The zero-order chi connectivity index (χ0) is 23.4. The Labute approximate surface area is 192 Å². The number of hydrogen-bond acceptors (Lipinski definition) is 10. The number of nitrogens with zero attached hydrogens (tertiary/aromatic N) is 7. The van der Waals surface area contributed by atoms with Crippen LogP contribution in [0.25, 0.3) is 11.6 Å². The average molecular weight is 471 g/mol. The zero-order valence-corrected chi connectivity index (χ0v) is 19.4. The Kier molecular flexibility index (Phi) is 6.75. The predicted octanol–water partition coefficient (Wildman–Crippen LogP) is 3.31. The molecule has 0 amide bonds. The van der Waals surface area contributed by atoms with Crippen molar-refractivity contribution in [2.45, 2.75) is 44.3 Å². The standard InChI is InChI=1S/C21H26N8O3S/c1-4-14(2)33(30,31)29-12-10-15(11-13-29)19-24-18(28-32-19)17-25-20(22-3)27-21(26-17)23-16-8-6-5-7-9-16/h5-9,14-15H,3-4,10-13H2,1-2H3,(H,23,25,26,27). The van der Waals surface area contributed by atoms with Crippen molar-refractivity contribution in [1.29, 1.82) is 0 Å². The first-order valence-electron chi connectivity index (χ1n) is 10.8. The second kappa shape index (κ2) is 9.71. The predicted molar refractivity (Wildman–Crippen MR) is 124 cm³/mol. The molecule has 1 aliphatic heterocycles. The molecular formula is C21H26N8O3S. The number of benzene rings is 1. The molecule has 33 heavy (non-hydrogen) atoms. The Bertz CT molecular complexity index is 1210. The second-order valence-electron chi connectivity index (χ2n) is 7.83. The molecule has 11 nitrogen and oxygen atoms in total. The topological polar surface area (TPSA) is 139 Å². The first-order chi connectivity index (χ1) is 15.9. The quantitative estimate of drug-likeness (QED) is 0.491. The lowest BCUT2D eigenvalue weighted by Gasteiger charge is -2.31. The van der Waals surface area contributed by atoms with Crippen LogP contribution in [0.1, 0.15) is 44.9 Å². The maximum atomic E-state index is 12.6. The van der Waals surface area contributed by atoms with Gasteiger partial charge in [0.05, 0.1) is 5.25 Å². The van der Waals surface area contributed by atoms with Gasteiger partial charge in [0.1, 0.15) is 0 Å². The van der Waals surface area contributed by atoms with Crippen LogP contribution in [0, 0.1) is 0 Å². The molecule has 1 fully saturated rings. The van der Waals surface area contributed by atoms with Gasteiger partial charge >= 0.3 is 0 Å². The average Bonchev–Trinajstić information content (AvgIpc) is 3.34. The Morgan fingerprint density at radius 3 is 2.55 bits per heavy atom. The highest BCUT2D eigenvalue weighted by Gasteiger charge is 2.33. The highest BCUT2D eigenvalue weighted by Crippen LogP contribution is 2.30. The van der Waals surface area contributed by atoms with Crippen LogP contribution >= 0.6 is 0 Å². The van der Waals surface area contributed by atoms with Gasteiger partial charge in [-0.15, -0.1) is 0 Å². The normalized spacial score (nSPS) is 16.4. The summed E-state index contributed by atoms with van der Waals surface area (Å²) in [5.74, 6) is 1.24. The van der Waals surface area contributed by atoms with Gasteiger partial charge in [-0.1, -0.05) is 30.3 Å². The van der Waals surface area contributed by atoms with Gasteiger partial charge in [-0.25, -0.2) is 17.7 Å². The van der Waals surface area contributed by atoms with Crippen LogP contribution in [0.3, 0.4) is 0 Å². The Morgan fingerprint density at radius 1 is 1.15 bits per heavy atom. The molecule has 3 aromatic rings. The number of hydrogen-bond donors (Lipinski definition) is 1. The Morgan fingerprint density at radius 2 is 1.88 bits per heavy atom. The lowest BCUT2D eigenvalue weighted by Crippen LogP contribution is -2.42. The third-order valence-corrected chi connectivity index (χ3v) is 8.12. The molecule has 1 aromatic carbocycles. The SMILES string of the molecule is C=Nc1nc(Nc2ccccc2)nc(-c2noc(C3CCN(S(=O)(=O)C(C)CC)CC3)n2)n1. The van der Waals surface area contributed by atoms with Crippen molar-refractivity contribution in [1.82, 2.24) is 29.4 Å². The van der Waals surface area contributed by atoms with Crippen LogP contribution < -0.4 is 5.32 Å². The molecule has 1 aliphatic rings. The third-order valence-electron chi connectivity index (χ3n) is 5.68. The van der Waals surface area contributed by atoms with E-state index in [1.807, 2.05) is 37.3 Å². The third kappa shape index (κ3) is 5.06. The van der Waals surface area contributed by atoms with E-state index in [1.165, 1.54) is 0 Å². The number of aliphatic imine (C=N–C) groups is 1. The molecule has 0 bridgehead atoms. The van der Waals surface area contributed by atoms with E-state index in [9.17, 15) is 8.42 Å². The van der Waals surface area contributed by atoms with Gasteiger partial charge in [0, 0.05) is 24.7 Å². The van der Waals surface area contributed by atoms with E-state index in [0.717, 1.165) is 5.69 Å². The number of sulfonamides is 1. The second-order valence-corrected chi connectivity index (χ2v) is 10.2. The summed E-state index contributed by atoms with van der Waals surface area (Å²) in [6.45, 7) is 7.97. The number of rotatable bonds is 8. The van der Waals surface area contributed by atoms with Crippen molar-refractivity contribution >= 4 is 34.3 Å². The maximum absolute atomic E-state index is 12.6. The van der Waals surface area contributed by atoms with Gasteiger partial charge in [0.15, 0.2) is 0 Å². The number of piperidine rings is 1. The largest absolute Gasteiger partial charge is 0.339 e. The van der Waals surface area contributed by atoms with E-state index in [0.29, 0.717) is 38.2 Å². The number of anilines is 2. The summed E-state index contributed by atoms with van der Waals surface area (Å²) in [7, 11) is -3.28. The molecule has 2 aromatic heterocycles. The number of nitrogens with one attached hydrogen (secondary N) is 1. The van der Waals surface area contributed by atoms with Gasteiger partial charge in [0.2, 0.25) is 33.5 Å². The molecule has 0 saturated carbocycles. The lowest BCUT2D eigenvalue weighted by molar-refractivity contribution is 0.269. The molecule has 0 spiro atoms. The molecule has 1 unspecified atom stereocenters. The molecule has 1 N–H and O–H groups in total. The maximum Gasteiger partial charge on any atom is 0.254 e. The van der Waals surface area contributed by atoms with Crippen LogP contribution in [0.5, 0.6) is 0 Å². The fraction of sp³-hybridized carbons (Fsp3) is 0.429. The highest BCUT2D eigenvalue weighted by atomic mass is 32.2. The molecule has 3 heterocycles. The minimum Gasteiger partial charge on any atom is -0.339 e. The van der Waals surface area contributed by atoms with Gasteiger partial charge in [-0.3, -0.25) is 0 Å². The van der Waals surface area contributed by atoms with E-state index in [-0.39, 0.29) is 34.7 Å². The zero-order valence-electron chi connectivity index (χ0n) is 18.5. The summed E-state index contributed by atoms with van der Waals surface area (Å²) in [4.78, 5) is 21.1. The fourth-order valence-electron chi connectivity index (χ4n) is 3.56. The molecule has 12 heteroatoms. The van der Waals surface area contributed by atoms with E-state index >= 15 is 0 Å². The van der Waals surface area contributed by atoms with Crippen molar-refractivity contribution in [3.05, 3.63) is 36.2 Å². The van der Waals surface area contributed by atoms with Crippen molar-refractivity contribution in [3.63, 3.8) is 0 Å². The molecule has 4 rings (SSSR count). The minimum atomic E-state index is -3.28. The summed E-state index contributed by atoms with van der Waals surface area (Å²) in [5, 5.41) is 6.74. The van der Waals surface area contributed by atoms with Crippen LogP contribution in [-0.2, 0) is 10.0 Å². The molecule has 174 valence electrons. The monoisotopic (exact) mass is 470 g/mol. The summed E-state index contributed by atoms with van der Waals surface area (Å²) in [5.41, 5.74) is 0.803. The summed E-state index contributed by atoms with van der Waals surface area (Å²) in [6, 6.07) is 9.45. The first kappa shape index (κ1) is 22.9. The fourth-order valence-corrected chi connectivity index (χ4v) is 5.21. The Balaban J connectivity index is 1.50. The molecule has 1 saturated heterocycles. The molecule has 0 aliphatic carbocycles. The van der Waals surface area contributed by atoms with Gasteiger partial charge < -0.3 is 9.84 Å². The molecular weight excluding hydrogens is 444 g/mol. The summed E-state index contributed by atoms with van der Waals surface area (Å²) >= 11 is 0. The van der Waals surface area contributed by atoms with Gasteiger partial charge in [-0.2, -0.15) is 19.9 Å². The van der Waals surface area contributed by atoms with Crippen LogP contribution in [0.4, 0.5) is 17.6 Å². The molecule has 1 atom stereocenters. The van der Waals surface area contributed by atoms with E-state index in [4.69, 9.17) is 4.52 Å². The summed E-state index contributed by atoms with van der Waals surface area (Å²) < 4.78 is 32.3.